The van der Waals surface area contributed by atoms with Crippen LogP contribution in [0.1, 0.15) is 36.8 Å². The number of nitrogens with one attached hydrogen (secondary N) is 1. The topological polar surface area (TPSA) is 77.7 Å². The molecular formula is C22H24N4O2. The maximum atomic E-state index is 11.8. The molecule has 144 valence electrons. The number of nitriles is 1. The van der Waals surface area contributed by atoms with Gasteiger partial charge in [-0.1, -0.05) is 25.0 Å². The van der Waals surface area contributed by atoms with Gasteiger partial charge in [-0.15, -0.1) is 0 Å². The lowest BCUT2D eigenvalue weighted by Gasteiger charge is -2.22. The molecule has 1 amide bonds. The molecule has 1 aliphatic heterocycles. The van der Waals surface area contributed by atoms with Crippen molar-refractivity contribution >= 4 is 17.8 Å². The first-order valence-electron chi connectivity index (χ1n) is 9.54. The smallest absolute Gasteiger partial charge is 0.277 e. The van der Waals surface area contributed by atoms with Crippen LogP contribution in [0.5, 0.6) is 5.75 Å². The Morgan fingerprint density at radius 3 is 2.39 bits per heavy atom. The SMILES string of the molecule is N#Cc1ccc(OCC(=O)N/N=C\c2ccc(N3CCCCCC3)cc2)cc1. The first-order chi connectivity index (χ1) is 13.7. The van der Waals surface area contributed by atoms with Gasteiger partial charge in [-0.3, -0.25) is 4.79 Å². The third-order valence-corrected chi connectivity index (χ3v) is 4.62. The molecule has 2 aromatic carbocycles. The summed E-state index contributed by atoms with van der Waals surface area (Å²) < 4.78 is 5.36. The van der Waals surface area contributed by atoms with E-state index in [1.165, 1.54) is 31.4 Å². The van der Waals surface area contributed by atoms with Crippen molar-refractivity contribution in [2.24, 2.45) is 5.10 Å². The van der Waals surface area contributed by atoms with Crippen molar-refractivity contribution in [2.75, 3.05) is 24.6 Å². The van der Waals surface area contributed by atoms with Gasteiger partial charge in [0.15, 0.2) is 6.61 Å². The van der Waals surface area contributed by atoms with Crippen molar-refractivity contribution < 1.29 is 9.53 Å². The molecule has 0 spiro atoms. The maximum Gasteiger partial charge on any atom is 0.277 e. The molecule has 0 atom stereocenters. The molecule has 6 nitrogen and oxygen atoms in total. The average molecular weight is 376 g/mol. The van der Waals surface area contributed by atoms with Gasteiger partial charge in [0.2, 0.25) is 0 Å². The molecule has 3 rings (SSSR count). The van der Waals surface area contributed by atoms with E-state index in [0.29, 0.717) is 11.3 Å². The summed E-state index contributed by atoms with van der Waals surface area (Å²) in [6, 6.07) is 16.8. The van der Waals surface area contributed by atoms with E-state index in [2.05, 4.69) is 27.6 Å². The van der Waals surface area contributed by atoms with Crippen molar-refractivity contribution in [2.45, 2.75) is 25.7 Å². The first-order valence-corrected chi connectivity index (χ1v) is 9.54. The number of nitrogens with zero attached hydrogens (tertiary/aromatic N) is 3. The van der Waals surface area contributed by atoms with Crippen LogP contribution in [0.2, 0.25) is 0 Å². The lowest BCUT2D eigenvalue weighted by molar-refractivity contribution is -0.123. The fourth-order valence-corrected chi connectivity index (χ4v) is 3.09. The van der Waals surface area contributed by atoms with Crippen LogP contribution in [-0.2, 0) is 4.79 Å². The highest BCUT2D eigenvalue weighted by Gasteiger charge is 2.09. The largest absolute Gasteiger partial charge is 0.484 e. The number of ether oxygens (including phenoxy) is 1. The van der Waals surface area contributed by atoms with E-state index in [0.717, 1.165) is 18.7 Å². The Balaban J connectivity index is 1.44. The number of carbonyl (C=O) groups is 1. The minimum absolute atomic E-state index is 0.142. The van der Waals surface area contributed by atoms with Gasteiger partial charge in [-0.2, -0.15) is 10.4 Å². The minimum Gasteiger partial charge on any atom is -0.484 e. The molecule has 6 heteroatoms. The lowest BCUT2D eigenvalue weighted by atomic mass is 10.2. The zero-order valence-corrected chi connectivity index (χ0v) is 15.8. The van der Waals surface area contributed by atoms with Crippen molar-refractivity contribution in [3.8, 4) is 11.8 Å². The second-order valence-electron chi connectivity index (χ2n) is 6.71. The normalized spacial score (nSPS) is 14.3. The van der Waals surface area contributed by atoms with Gasteiger partial charge < -0.3 is 9.64 Å². The Morgan fingerprint density at radius 2 is 1.75 bits per heavy atom. The van der Waals surface area contributed by atoms with Crippen molar-refractivity contribution in [1.29, 1.82) is 5.26 Å². The summed E-state index contributed by atoms with van der Waals surface area (Å²) in [6.07, 6.45) is 6.75. The van der Waals surface area contributed by atoms with Crippen LogP contribution in [0.3, 0.4) is 0 Å². The number of hydrogen-bond acceptors (Lipinski definition) is 5. The molecular weight excluding hydrogens is 352 g/mol. The van der Waals surface area contributed by atoms with E-state index < -0.39 is 0 Å². The van der Waals surface area contributed by atoms with E-state index in [9.17, 15) is 4.79 Å². The van der Waals surface area contributed by atoms with Crippen LogP contribution in [0.25, 0.3) is 0 Å². The van der Waals surface area contributed by atoms with Crippen LogP contribution in [-0.4, -0.2) is 31.8 Å². The zero-order valence-electron chi connectivity index (χ0n) is 15.8. The molecule has 28 heavy (non-hydrogen) atoms. The number of benzene rings is 2. The molecule has 0 saturated carbocycles. The zero-order chi connectivity index (χ0) is 19.6. The molecule has 0 bridgehead atoms. The second-order valence-corrected chi connectivity index (χ2v) is 6.71. The van der Waals surface area contributed by atoms with Crippen LogP contribution in [0.15, 0.2) is 53.6 Å². The first kappa shape index (κ1) is 19.4. The number of anilines is 1. The highest BCUT2D eigenvalue weighted by molar-refractivity contribution is 5.83. The third-order valence-electron chi connectivity index (χ3n) is 4.62. The van der Waals surface area contributed by atoms with E-state index >= 15 is 0 Å². The Bertz CT molecular complexity index is 830. The Hall–Kier alpha value is -3.33. The third kappa shape index (κ3) is 5.85. The van der Waals surface area contributed by atoms with E-state index in [1.807, 2.05) is 18.2 Å². The van der Waals surface area contributed by atoms with Crippen molar-refractivity contribution in [1.82, 2.24) is 5.43 Å². The molecule has 1 saturated heterocycles. The van der Waals surface area contributed by atoms with Crippen LogP contribution in [0.4, 0.5) is 5.69 Å². The molecule has 2 aromatic rings. The summed E-state index contributed by atoms with van der Waals surface area (Å²) in [6.45, 7) is 2.09. The number of hydrazone groups is 1. The van der Waals surface area contributed by atoms with Gasteiger partial charge in [0.05, 0.1) is 17.8 Å². The summed E-state index contributed by atoms with van der Waals surface area (Å²) in [5, 5.41) is 12.7. The van der Waals surface area contributed by atoms with E-state index in [-0.39, 0.29) is 12.5 Å². The minimum atomic E-state index is -0.346. The summed E-state index contributed by atoms with van der Waals surface area (Å²) in [5.74, 6) is 0.184. The molecule has 0 aromatic heterocycles. The van der Waals surface area contributed by atoms with Gasteiger partial charge in [0.25, 0.3) is 5.91 Å². The molecule has 0 aliphatic carbocycles. The predicted octanol–water partition coefficient (Wildman–Crippen LogP) is 3.47. The quantitative estimate of drug-likeness (QED) is 0.619. The Morgan fingerprint density at radius 1 is 1.07 bits per heavy atom. The number of rotatable bonds is 6. The molecule has 1 heterocycles. The summed E-state index contributed by atoms with van der Waals surface area (Å²) in [4.78, 5) is 14.2. The molecule has 0 radical (unpaired) electrons. The maximum absolute atomic E-state index is 11.8. The Kier molecular flexibility index (Phi) is 7.02. The van der Waals surface area contributed by atoms with Crippen molar-refractivity contribution in [3.05, 3.63) is 59.7 Å². The summed E-state index contributed by atoms with van der Waals surface area (Å²) >= 11 is 0. The molecule has 1 N–H and O–H groups in total. The number of carbonyl (C=O) groups excluding carboxylic acids is 1. The van der Waals surface area contributed by atoms with Crippen LogP contribution >= 0.6 is 0 Å². The van der Waals surface area contributed by atoms with Gasteiger partial charge in [0.1, 0.15) is 5.75 Å². The predicted molar refractivity (Wildman–Crippen MR) is 110 cm³/mol. The Labute approximate surface area is 165 Å². The fraction of sp³-hybridized carbons (Fsp3) is 0.318. The summed E-state index contributed by atoms with van der Waals surface area (Å²) in [5.41, 5.74) is 5.16. The standard InChI is InChI=1S/C22H24N4O2/c23-15-18-7-11-21(12-8-18)28-17-22(27)25-24-16-19-5-9-20(10-6-19)26-13-3-1-2-4-14-26/h5-12,16H,1-4,13-14,17H2,(H,25,27)/b24-16-. The monoisotopic (exact) mass is 376 g/mol. The fourth-order valence-electron chi connectivity index (χ4n) is 3.09. The number of amides is 1. The highest BCUT2D eigenvalue weighted by Crippen LogP contribution is 2.19. The van der Waals surface area contributed by atoms with E-state index in [1.54, 1.807) is 30.5 Å². The van der Waals surface area contributed by atoms with Crippen LogP contribution in [0, 0.1) is 11.3 Å². The number of hydrogen-bond donors (Lipinski definition) is 1. The lowest BCUT2D eigenvalue weighted by Crippen LogP contribution is -2.24. The van der Waals surface area contributed by atoms with Gasteiger partial charge in [-0.25, -0.2) is 5.43 Å². The van der Waals surface area contributed by atoms with Gasteiger partial charge in [-0.05, 0) is 54.8 Å². The van der Waals surface area contributed by atoms with Gasteiger partial charge in [0, 0.05) is 18.8 Å². The van der Waals surface area contributed by atoms with Crippen LogP contribution < -0.4 is 15.1 Å². The molecule has 1 fully saturated rings. The van der Waals surface area contributed by atoms with E-state index in [4.69, 9.17) is 10.00 Å². The summed E-state index contributed by atoms with van der Waals surface area (Å²) in [7, 11) is 0. The highest BCUT2D eigenvalue weighted by atomic mass is 16.5. The second kappa shape index (κ2) is 10.1. The average Bonchev–Trinajstić information content (AvgIpc) is 3.03. The molecule has 1 aliphatic rings. The molecule has 0 unspecified atom stereocenters. The van der Waals surface area contributed by atoms with Crippen molar-refractivity contribution in [3.63, 3.8) is 0 Å². The van der Waals surface area contributed by atoms with Gasteiger partial charge >= 0.3 is 0 Å².